The molecule has 0 aromatic heterocycles. The largest absolute Gasteiger partial charge is 0.437 e. The monoisotopic (exact) mass is 286 g/mol. The molecule has 0 bridgehead atoms. The molecule has 0 aliphatic carbocycles. The molecule has 1 aliphatic heterocycles. The molecule has 0 spiro atoms. The van der Waals surface area contributed by atoms with Crippen molar-refractivity contribution >= 4 is 6.09 Å². The molecule has 19 heavy (non-hydrogen) atoms. The van der Waals surface area contributed by atoms with Crippen molar-refractivity contribution in [1.82, 2.24) is 9.80 Å². The molecule has 1 saturated heterocycles. The summed E-state index contributed by atoms with van der Waals surface area (Å²) in [5.41, 5.74) is -0.645. The van der Waals surface area contributed by atoms with E-state index in [1.54, 1.807) is 20.8 Å². The number of carbonyl (C=O) groups excluding carboxylic acids is 1. The molecule has 112 valence electrons. The van der Waals surface area contributed by atoms with Crippen molar-refractivity contribution in [3.05, 3.63) is 0 Å². The fourth-order valence-corrected chi connectivity index (χ4v) is 1.27. The van der Waals surface area contributed by atoms with Crippen molar-refractivity contribution in [1.29, 1.82) is 0 Å². The maximum Gasteiger partial charge on any atom is 0.425 e. The molecule has 0 saturated carbocycles. The van der Waals surface area contributed by atoms with E-state index < -0.39 is 50.0 Å². The highest BCUT2D eigenvalue weighted by Crippen LogP contribution is 2.23. The maximum atomic E-state index is 12.5. The average Bonchev–Trinajstić information content (AvgIpc) is 2.30. The standard InChI is InChI=1S/C12H21F3N2O2/c1-9(12(13,14)15)19-10(18)16-5-7-17(8-6-16)11(2,3)4/h9H,5-8H2,1-4H3/i5D,6D2,7D. The zero-order chi connectivity index (χ0) is 18.4. The molecule has 1 heterocycles. The summed E-state index contributed by atoms with van der Waals surface area (Å²) in [6.45, 7) is -0.0884. The number of alkyl halides is 3. The Morgan fingerprint density at radius 3 is 2.37 bits per heavy atom. The van der Waals surface area contributed by atoms with E-state index in [4.69, 9.17) is 5.48 Å². The summed E-state index contributed by atoms with van der Waals surface area (Å²) in [5, 5.41) is 0. The van der Waals surface area contributed by atoms with Crippen molar-refractivity contribution < 1.29 is 28.2 Å². The van der Waals surface area contributed by atoms with Gasteiger partial charge < -0.3 is 9.64 Å². The predicted molar refractivity (Wildman–Crippen MR) is 64.9 cm³/mol. The number of hydrogen-bond acceptors (Lipinski definition) is 3. The topological polar surface area (TPSA) is 32.8 Å². The van der Waals surface area contributed by atoms with E-state index in [1.807, 2.05) is 0 Å². The highest BCUT2D eigenvalue weighted by Gasteiger charge is 2.40. The van der Waals surface area contributed by atoms with Crippen molar-refractivity contribution in [2.24, 2.45) is 0 Å². The summed E-state index contributed by atoms with van der Waals surface area (Å²) in [6, 6.07) is 0. The van der Waals surface area contributed by atoms with Crippen LogP contribution >= 0.6 is 0 Å². The first-order chi connectivity index (χ1) is 10.1. The second-order valence-corrected chi connectivity index (χ2v) is 5.19. The number of nitrogens with zero attached hydrogens (tertiary/aromatic N) is 2. The fourth-order valence-electron chi connectivity index (χ4n) is 1.27. The normalized spacial score (nSPS) is 33.7. The van der Waals surface area contributed by atoms with Gasteiger partial charge in [-0.1, -0.05) is 0 Å². The Labute approximate surface area is 117 Å². The van der Waals surface area contributed by atoms with Gasteiger partial charge in [-0.15, -0.1) is 0 Å². The van der Waals surface area contributed by atoms with Crippen molar-refractivity contribution in [2.45, 2.75) is 45.5 Å². The summed E-state index contributed by atoms with van der Waals surface area (Å²) < 4.78 is 73.4. The van der Waals surface area contributed by atoms with Crippen LogP contribution in [0.2, 0.25) is 0 Å². The van der Waals surface area contributed by atoms with E-state index >= 15 is 0 Å². The molecule has 4 nitrogen and oxygen atoms in total. The van der Waals surface area contributed by atoms with Crippen LogP contribution in [-0.4, -0.2) is 59.8 Å². The van der Waals surface area contributed by atoms with E-state index in [-0.39, 0.29) is 4.90 Å². The molecule has 0 aromatic carbocycles. The number of rotatable bonds is 1. The van der Waals surface area contributed by atoms with Gasteiger partial charge in [0.25, 0.3) is 0 Å². The van der Waals surface area contributed by atoms with Crippen molar-refractivity contribution in [3.8, 4) is 0 Å². The van der Waals surface area contributed by atoms with Crippen molar-refractivity contribution in [3.63, 3.8) is 0 Å². The maximum absolute atomic E-state index is 12.5. The molecule has 7 heteroatoms. The van der Waals surface area contributed by atoms with Gasteiger partial charge in [-0.05, 0) is 27.7 Å². The van der Waals surface area contributed by atoms with Gasteiger partial charge in [0.2, 0.25) is 0 Å². The minimum Gasteiger partial charge on any atom is -0.437 e. The Kier molecular flexibility index (Phi) is 3.15. The molecule has 1 rings (SSSR count). The molecule has 0 radical (unpaired) electrons. The van der Waals surface area contributed by atoms with Gasteiger partial charge in [-0.2, -0.15) is 13.2 Å². The molecule has 1 amide bonds. The minimum atomic E-state index is -4.78. The number of amides is 1. The van der Waals surface area contributed by atoms with E-state index in [0.29, 0.717) is 6.92 Å². The van der Waals surface area contributed by atoms with Gasteiger partial charge in [0.1, 0.15) is 0 Å². The highest BCUT2D eigenvalue weighted by atomic mass is 19.4. The lowest BCUT2D eigenvalue weighted by Gasteiger charge is -2.42. The summed E-state index contributed by atoms with van der Waals surface area (Å²) in [4.78, 5) is 13.6. The Morgan fingerprint density at radius 2 is 1.89 bits per heavy atom. The van der Waals surface area contributed by atoms with Gasteiger partial charge in [0.15, 0.2) is 6.10 Å². The number of halogens is 3. The lowest BCUT2D eigenvalue weighted by Crippen LogP contribution is -2.55. The van der Waals surface area contributed by atoms with Crippen LogP contribution in [0.4, 0.5) is 18.0 Å². The second kappa shape index (κ2) is 5.56. The summed E-state index contributed by atoms with van der Waals surface area (Å²) >= 11 is 0. The lowest BCUT2D eigenvalue weighted by molar-refractivity contribution is -0.200. The Balaban J connectivity index is 3.02. The SMILES string of the molecule is [2H]C1C([2H])N(C(=O)OC(C)C(F)(F)F)C([2H])([2H])CN1C(C)(C)C. The van der Waals surface area contributed by atoms with Crippen LogP contribution in [0.25, 0.3) is 0 Å². The minimum absolute atomic E-state index is 0.259. The van der Waals surface area contributed by atoms with Crippen LogP contribution in [0.5, 0.6) is 0 Å². The number of piperazine rings is 1. The molecule has 1 aliphatic rings. The zero-order valence-corrected chi connectivity index (χ0v) is 11.3. The van der Waals surface area contributed by atoms with Crippen LogP contribution < -0.4 is 0 Å². The Bertz CT molecular complexity index is 457. The fraction of sp³-hybridized carbons (Fsp3) is 0.917. The van der Waals surface area contributed by atoms with Crippen LogP contribution in [0, 0.1) is 0 Å². The quantitative estimate of drug-likeness (QED) is 0.742. The van der Waals surface area contributed by atoms with Gasteiger partial charge in [-0.25, -0.2) is 4.79 Å². The third-order valence-corrected chi connectivity index (χ3v) is 2.60. The summed E-state index contributed by atoms with van der Waals surface area (Å²) in [6.07, 6.45) is -8.80. The predicted octanol–water partition coefficient (Wildman–Crippen LogP) is 2.49. The van der Waals surface area contributed by atoms with E-state index in [0.717, 1.165) is 0 Å². The van der Waals surface area contributed by atoms with Gasteiger partial charge in [0, 0.05) is 33.0 Å². The molecule has 1 fully saturated rings. The van der Waals surface area contributed by atoms with Crippen LogP contribution in [-0.2, 0) is 4.74 Å². The van der Waals surface area contributed by atoms with E-state index in [2.05, 4.69) is 4.74 Å². The molecule has 0 N–H and O–H groups in total. The van der Waals surface area contributed by atoms with E-state index in [1.165, 1.54) is 4.90 Å². The van der Waals surface area contributed by atoms with E-state index in [9.17, 15) is 18.0 Å². The first-order valence-electron chi connectivity index (χ1n) is 7.92. The smallest absolute Gasteiger partial charge is 0.425 e. The van der Waals surface area contributed by atoms with Crippen molar-refractivity contribution in [2.75, 3.05) is 26.1 Å². The number of ether oxygens (including phenoxy) is 1. The molecule has 3 unspecified atom stereocenters. The van der Waals surface area contributed by atoms with Crippen LogP contribution in [0.3, 0.4) is 0 Å². The number of carbonyl (C=O) groups is 1. The first kappa shape index (κ1) is 10.8. The second-order valence-electron chi connectivity index (χ2n) is 5.19. The van der Waals surface area contributed by atoms with Gasteiger partial charge in [-0.3, -0.25) is 4.90 Å². The van der Waals surface area contributed by atoms with Crippen LogP contribution in [0.15, 0.2) is 0 Å². The lowest BCUT2D eigenvalue weighted by atomic mass is 10.1. The third-order valence-electron chi connectivity index (χ3n) is 2.60. The average molecular weight is 286 g/mol. The molecule has 0 aromatic rings. The highest BCUT2D eigenvalue weighted by molar-refractivity contribution is 5.68. The molecule has 3 atom stereocenters. The van der Waals surface area contributed by atoms with Gasteiger partial charge in [0.05, 0.1) is 4.11 Å². The molecular formula is C12H21F3N2O2. The summed E-state index contributed by atoms with van der Waals surface area (Å²) in [7, 11) is 0. The Hall–Kier alpha value is -0.980. The summed E-state index contributed by atoms with van der Waals surface area (Å²) in [5.74, 6) is 0. The Morgan fingerprint density at radius 1 is 1.32 bits per heavy atom. The van der Waals surface area contributed by atoms with Crippen LogP contribution in [0.1, 0.15) is 33.2 Å². The zero-order valence-electron chi connectivity index (χ0n) is 15.3. The molecular weight excluding hydrogens is 261 g/mol. The first-order valence-corrected chi connectivity index (χ1v) is 5.77. The number of hydrogen-bond donors (Lipinski definition) is 0. The van der Waals surface area contributed by atoms with Gasteiger partial charge >= 0.3 is 12.3 Å². The third kappa shape index (κ3) is 4.56.